The third-order valence-electron chi connectivity index (χ3n) is 9.24. The van der Waals surface area contributed by atoms with Crippen LogP contribution in [0.2, 0.25) is 0 Å². The van der Waals surface area contributed by atoms with Gasteiger partial charge in [0.2, 0.25) is 11.8 Å². The molecule has 0 unspecified atom stereocenters. The lowest BCUT2D eigenvalue weighted by molar-refractivity contribution is -0.133. The van der Waals surface area contributed by atoms with E-state index in [2.05, 4.69) is 15.2 Å². The van der Waals surface area contributed by atoms with Crippen LogP contribution in [0.15, 0.2) is 66.9 Å². The summed E-state index contributed by atoms with van der Waals surface area (Å²) in [5.41, 5.74) is 1.40. The molecule has 3 aromatic carbocycles. The first-order chi connectivity index (χ1) is 23.2. The Hall–Kier alpha value is -4.74. The van der Waals surface area contributed by atoms with Crippen molar-refractivity contribution in [3.05, 3.63) is 78.2 Å². The maximum atomic E-state index is 13.7. The van der Waals surface area contributed by atoms with E-state index in [9.17, 15) is 14.0 Å². The molecule has 1 aliphatic carbocycles. The van der Waals surface area contributed by atoms with Gasteiger partial charge in [0, 0.05) is 55.7 Å². The number of rotatable bonds is 12. The molecule has 2 amide bonds. The van der Waals surface area contributed by atoms with Gasteiger partial charge in [0.1, 0.15) is 22.7 Å². The van der Waals surface area contributed by atoms with Gasteiger partial charge in [-0.05, 0) is 85.8 Å². The summed E-state index contributed by atoms with van der Waals surface area (Å²) in [5.74, 6) is 1.20. The molecule has 0 radical (unpaired) electrons. The zero-order valence-electron chi connectivity index (χ0n) is 27.8. The largest absolute Gasteiger partial charge is 0.493 e. The van der Waals surface area contributed by atoms with E-state index >= 15 is 0 Å². The summed E-state index contributed by atoms with van der Waals surface area (Å²) in [6.07, 6.45) is 3.01. The average Bonchev–Trinajstić information content (AvgIpc) is 3.79. The zero-order valence-corrected chi connectivity index (χ0v) is 27.8. The van der Waals surface area contributed by atoms with E-state index in [0.29, 0.717) is 52.9 Å². The van der Waals surface area contributed by atoms with Gasteiger partial charge in [0.25, 0.3) is 0 Å². The smallest absolute Gasteiger partial charge is 0.242 e. The number of nitrogens with one attached hydrogen (secondary N) is 1. The normalized spacial score (nSPS) is 19.1. The fourth-order valence-electron chi connectivity index (χ4n) is 6.19. The number of fused-ring (bicyclic) bond motifs is 1. The van der Waals surface area contributed by atoms with Gasteiger partial charge in [0.05, 0.1) is 32.4 Å². The van der Waals surface area contributed by atoms with Crippen molar-refractivity contribution in [2.45, 2.75) is 26.7 Å². The molecule has 1 aromatic heterocycles. The highest BCUT2D eigenvalue weighted by Crippen LogP contribution is 2.54. The number of ether oxygens (including phenoxy) is 4. The predicted molar refractivity (Wildman–Crippen MR) is 182 cm³/mol. The lowest BCUT2D eigenvalue weighted by Gasteiger charge is -2.26. The number of benzene rings is 3. The second-order valence-corrected chi connectivity index (χ2v) is 12.4. The summed E-state index contributed by atoms with van der Waals surface area (Å²) in [4.78, 5) is 35.5. The Morgan fingerprint density at radius 2 is 1.79 bits per heavy atom. The molecule has 0 spiro atoms. The lowest BCUT2D eigenvalue weighted by Crippen LogP contribution is -2.42. The molecule has 2 aliphatic rings. The van der Waals surface area contributed by atoms with Crippen LogP contribution in [0.5, 0.6) is 23.0 Å². The van der Waals surface area contributed by atoms with E-state index in [0.717, 1.165) is 50.2 Å². The Balaban J connectivity index is 1.14. The third-order valence-corrected chi connectivity index (χ3v) is 9.24. The minimum atomic E-state index is -1.19. The highest BCUT2D eigenvalue weighted by molar-refractivity contribution is 6.18. The van der Waals surface area contributed by atoms with E-state index in [1.807, 2.05) is 38.1 Å². The summed E-state index contributed by atoms with van der Waals surface area (Å²) < 4.78 is 36.9. The fourth-order valence-corrected chi connectivity index (χ4v) is 6.19. The van der Waals surface area contributed by atoms with Gasteiger partial charge in [-0.1, -0.05) is 6.92 Å². The number of hydrogen-bond acceptors (Lipinski definition) is 8. The van der Waals surface area contributed by atoms with Crippen LogP contribution in [0.4, 0.5) is 15.8 Å². The van der Waals surface area contributed by atoms with Crippen LogP contribution in [-0.2, 0) is 14.3 Å². The standard InChI is InChI=1S/C37H41FN4O6/c1-24-20-28(41(3)36(44)37(23-25(37)2)35(43)40-27-8-6-26(38)7-9-27)10-11-31(24)48-32-12-13-39-30-22-34(33(45-4)21-29(30)32)47-17-5-14-42-15-18-46-19-16-42/h6-13,20-22,25H,5,14-19,23H2,1-4H3,(H,40,43)/t25-,37+/m1/s1. The number of anilines is 2. The molecule has 10 nitrogen and oxygen atoms in total. The maximum absolute atomic E-state index is 13.7. The first-order valence-corrected chi connectivity index (χ1v) is 16.2. The molecule has 1 aliphatic heterocycles. The van der Waals surface area contributed by atoms with E-state index in [4.69, 9.17) is 18.9 Å². The maximum Gasteiger partial charge on any atom is 0.242 e. The van der Waals surface area contributed by atoms with E-state index in [-0.39, 0.29) is 11.8 Å². The van der Waals surface area contributed by atoms with Crippen molar-refractivity contribution in [1.82, 2.24) is 9.88 Å². The van der Waals surface area contributed by atoms with Crippen LogP contribution in [0, 0.1) is 24.1 Å². The Bertz CT molecular complexity index is 1800. The number of nitrogens with zero attached hydrogens (tertiary/aromatic N) is 3. The van der Waals surface area contributed by atoms with Crippen LogP contribution in [0.3, 0.4) is 0 Å². The van der Waals surface area contributed by atoms with Gasteiger partial charge in [-0.2, -0.15) is 0 Å². The van der Waals surface area contributed by atoms with Crippen molar-refractivity contribution in [1.29, 1.82) is 0 Å². The molecule has 2 fully saturated rings. The molecule has 6 rings (SSSR count). The number of carbonyl (C=O) groups is 2. The quantitative estimate of drug-likeness (QED) is 0.142. The molecule has 11 heteroatoms. The third kappa shape index (κ3) is 6.93. The van der Waals surface area contributed by atoms with Crippen molar-refractivity contribution in [2.75, 3.05) is 63.8 Å². The van der Waals surface area contributed by atoms with E-state index in [1.165, 1.54) is 29.2 Å². The Kier molecular flexibility index (Phi) is 9.79. The van der Waals surface area contributed by atoms with Crippen LogP contribution in [0.1, 0.15) is 25.3 Å². The molecular weight excluding hydrogens is 615 g/mol. The Labute approximate surface area is 279 Å². The summed E-state index contributed by atoms with van der Waals surface area (Å²) >= 11 is 0. The Morgan fingerprint density at radius 1 is 1.04 bits per heavy atom. The van der Waals surface area contributed by atoms with Gasteiger partial charge in [0.15, 0.2) is 11.5 Å². The number of aromatic nitrogens is 1. The number of morpholine rings is 1. The number of methoxy groups -OCH3 is 1. The highest BCUT2D eigenvalue weighted by atomic mass is 19.1. The molecule has 2 heterocycles. The van der Waals surface area contributed by atoms with Crippen LogP contribution >= 0.6 is 0 Å². The van der Waals surface area contributed by atoms with Crippen LogP contribution in [-0.4, -0.2) is 75.3 Å². The fraction of sp³-hybridized carbons (Fsp3) is 0.378. The molecular formula is C37H41FN4O6. The van der Waals surface area contributed by atoms with Crippen molar-refractivity contribution >= 4 is 34.1 Å². The summed E-state index contributed by atoms with van der Waals surface area (Å²) in [7, 11) is 3.28. The van der Waals surface area contributed by atoms with E-state index in [1.54, 1.807) is 32.5 Å². The summed E-state index contributed by atoms with van der Waals surface area (Å²) in [5, 5.41) is 3.55. The molecule has 4 aromatic rings. The number of carbonyl (C=O) groups excluding carboxylic acids is 2. The van der Waals surface area contributed by atoms with Crippen molar-refractivity contribution in [3.8, 4) is 23.0 Å². The van der Waals surface area contributed by atoms with Crippen LogP contribution in [0.25, 0.3) is 10.9 Å². The molecule has 252 valence electrons. The number of halogens is 1. The van der Waals surface area contributed by atoms with Gasteiger partial charge >= 0.3 is 0 Å². The number of pyridine rings is 1. The summed E-state index contributed by atoms with van der Waals surface area (Å²) in [6.45, 7) is 8.73. The predicted octanol–water partition coefficient (Wildman–Crippen LogP) is 6.21. The van der Waals surface area contributed by atoms with Crippen molar-refractivity contribution < 1.29 is 32.9 Å². The molecule has 1 saturated carbocycles. The minimum absolute atomic E-state index is 0.130. The number of hydrogen-bond donors (Lipinski definition) is 1. The molecule has 1 saturated heterocycles. The second-order valence-electron chi connectivity index (χ2n) is 12.4. The zero-order chi connectivity index (χ0) is 33.8. The SMILES string of the molecule is COc1cc2c(Oc3ccc(N(C)C(=O)[C@@]4(C(=O)Nc5ccc(F)cc5)C[C@H]4C)cc3C)ccnc2cc1OCCCN1CCOCC1. The van der Waals surface area contributed by atoms with Gasteiger partial charge in [-0.25, -0.2) is 4.39 Å². The highest BCUT2D eigenvalue weighted by Gasteiger charge is 2.64. The topological polar surface area (TPSA) is 102 Å². The second kappa shape index (κ2) is 14.2. The number of aryl methyl sites for hydroxylation is 1. The molecule has 0 bridgehead atoms. The number of amides is 2. The first-order valence-electron chi connectivity index (χ1n) is 16.2. The van der Waals surface area contributed by atoms with Crippen molar-refractivity contribution in [3.63, 3.8) is 0 Å². The molecule has 48 heavy (non-hydrogen) atoms. The Morgan fingerprint density at radius 3 is 2.48 bits per heavy atom. The summed E-state index contributed by atoms with van der Waals surface area (Å²) in [6, 6.07) is 16.5. The molecule has 2 atom stereocenters. The first kappa shape index (κ1) is 33.2. The van der Waals surface area contributed by atoms with Crippen LogP contribution < -0.4 is 24.4 Å². The van der Waals surface area contributed by atoms with Gasteiger partial charge in [-0.3, -0.25) is 19.5 Å². The lowest BCUT2D eigenvalue weighted by atomic mass is 10.00. The monoisotopic (exact) mass is 656 g/mol. The molecule has 1 N–H and O–H groups in total. The average molecular weight is 657 g/mol. The minimum Gasteiger partial charge on any atom is -0.493 e. The van der Waals surface area contributed by atoms with Gasteiger partial charge in [-0.15, -0.1) is 0 Å². The van der Waals surface area contributed by atoms with Crippen molar-refractivity contribution in [2.24, 2.45) is 11.3 Å². The van der Waals surface area contributed by atoms with E-state index < -0.39 is 17.1 Å². The van der Waals surface area contributed by atoms with Gasteiger partial charge < -0.3 is 29.2 Å².